The minimum absolute atomic E-state index is 0.0206. The topological polar surface area (TPSA) is 81.5 Å². The summed E-state index contributed by atoms with van der Waals surface area (Å²) >= 11 is 3.36. The summed E-state index contributed by atoms with van der Waals surface area (Å²) in [6.45, 7) is 3.34. The SMILES string of the molecule is Cc1cc(Br)ccc1NC(=O)COc1ccc([N+](=O)[O-])c(C)c1. The first-order valence-electron chi connectivity index (χ1n) is 6.80. The minimum Gasteiger partial charge on any atom is -0.484 e. The van der Waals surface area contributed by atoms with Gasteiger partial charge in [-0.3, -0.25) is 14.9 Å². The lowest BCUT2D eigenvalue weighted by Gasteiger charge is -2.10. The Bertz CT molecular complexity index is 762. The van der Waals surface area contributed by atoms with Gasteiger partial charge in [0.25, 0.3) is 11.6 Å². The number of rotatable bonds is 5. The van der Waals surface area contributed by atoms with Crippen LogP contribution in [0.15, 0.2) is 40.9 Å². The van der Waals surface area contributed by atoms with Crippen molar-refractivity contribution in [3.8, 4) is 5.75 Å². The number of anilines is 1. The second-order valence-electron chi connectivity index (χ2n) is 5.00. The van der Waals surface area contributed by atoms with Crippen molar-refractivity contribution in [2.45, 2.75) is 13.8 Å². The zero-order chi connectivity index (χ0) is 17.0. The molecule has 0 radical (unpaired) electrons. The number of ether oxygens (including phenoxy) is 1. The molecule has 0 atom stereocenters. The average Bonchev–Trinajstić information content (AvgIpc) is 2.48. The molecule has 7 heteroatoms. The van der Waals surface area contributed by atoms with Gasteiger partial charge < -0.3 is 10.1 Å². The van der Waals surface area contributed by atoms with E-state index < -0.39 is 4.92 Å². The van der Waals surface area contributed by atoms with Crippen LogP contribution in [0.25, 0.3) is 0 Å². The highest BCUT2D eigenvalue weighted by molar-refractivity contribution is 9.10. The number of nitro groups is 1. The Hall–Kier alpha value is -2.41. The second kappa shape index (κ2) is 7.23. The lowest BCUT2D eigenvalue weighted by Crippen LogP contribution is -2.20. The smallest absolute Gasteiger partial charge is 0.272 e. The number of nitrogens with zero attached hydrogens (tertiary/aromatic N) is 1. The van der Waals surface area contributed by atoms with Crippen LogP contribution in [-0.2, 0) is 4.79 Å². The molecule has 1 amide bonds. The Morgan fingerprint density at radius 1 is 1.22 bits per heavy atom. The molecule has 2 rings (SSSR count). The van der Waals surface area contributed by atoms with Gasteiger partial charge in [-0.1, -0.05) is 15.9 Å². The number of amides is 1. The van der Waals surface area contributed by atoms with Gasteiger partial charge in [0.15, 0.2) is 6.61 Å². The molecule has 2 aromatic carbocycles. The molecule has 120 valence electrons. The van der Waals surface area contributed by atoms with Crippen LogP contribution in [0.3, 0.4) is 0 Å². The van der Waals surface area contributed by atoms with Gasteiger partial charge in [-0.2, -0.15) is 0 Å². The van der Waals surface area contributed by atoms with Gasteiger partial charge in [0.05, 0.1) is 4.92 Å². The van der Waals surface area contributed by atoms with Crippen molar-refractivity contribution in [3.05, 3.63) is 62.1 Å². The Morgan fingerprint density at radius 3 is 2.57 bits per heavy atom. The van der Waals surface area contributed by atoms with Crippen LogP contribution in [0.4, 0.5) is 11.4 Å². The lowest BCUT2D eigenvalue weighted by molar-refractivity contribution is -0.385. The molecule has 0 spiro atoms. The summed E-state index contributed by atoms with van der Waals surface area (Å²) in [7, 11) is 0. The van der Waals surface area contributed by atoms with Crippen LogP contribution in [0.2, 0.25) is 0 Å². The van der Waals surface area contributed by atoms with E-state index in [2.05, 4.69) is 21.2 Å². The molecule has 0 fully saturated rings. The largest absolute Gasteiger partial charge is 0.484 e. The third kappa shape index (κ3) is 4.53. The number of aryl methyl sites for hydroxylation is 2. The molecule has 2 aromatic rings. The van der Waals surface area contributed by atoms with E-state index in [-0.39, 0.29) is 18.2 Å². The molecule has 0 unspecified atom stereocenters. The zero-order valence-corrected chi connectivity index (χ0v) is 14.2. The Kier molecular flexibility index (Phi) is 5.33. The molecule has 23 heavy (non-hydrogen) atoms. The molecular weight excluding hydrogens is 364 g/mol. The minimum atomic E-state index is -0.456. The molecule has 0 saturated heterocycles. The van der Waals surface area contributed by atoms with E-state index >= 15 is 0 Å². The van der Waals surface area contributed by atoms with Crippen molar-refractivity contribution in [3.63, 3.8) is 0 Å². The van der Waals surface area contributed by atoms with E-state index in [4.69, 9.17) is 4.74 Å². The van der Waals surface area contributed by atoms with Gasteiger partial charge in [0.2, 0.25) is 0 Å². The van der Waals surface area contributed by atoms with Gasteiger partial charge in [-0.25, -0.2) is 0 Å². The van der Waals surface area contributed by atoms with E-state index in [9.17, 15) is 14.9 Å². The van der Waals surface area contributed by atoms with Crippen LogP contribution >= 0.6 is 15.9 Å². The number of hydrogen-bond donors (Lipinski definition) is 1. The molecule has 1 N–H and O–H groups in total. The summed E-state index contributed by atoms with van der Waals surface area (Å²) in [5.74, 6) is 0.113. The van der Waals surface area contributed by atoms with Crippen molar-refractivity contribution < 1.29 is 14.5 Å². The van der Waals surface area contributed by atoms with E-state index in [0.29, 0.717) is 17.0 Å². The van der Waals surface area contributed by atoms with Gasteiger partial charge in [0, 0.05) is 21.8 Å². The van der Waals surface area contributed by atoms with E-state index in [1.165, 1.54) is 18.2 Å². The maximum absolute atomic E-state index is 11.9. The molecule has 0 aliphatic rings. The fourth-order valence-corrected chi connectivity index (χ4v) is 2.50. The summed E-state index contributed by atoms with van der Waals surface area (Å²) in [4.78, 5) is 22.2. The van der Waals surface area contributed by atoms with Crippen LogP contribution in [0.5, 0.6) is 5.75 Å². The highest BCUT2D eigenvalue weighted by atomic mass is 79.9. The molecule has 0 bridgehead atoms. The van der Waals surface area contributed by atoms with Gasteiger partial charge in [0.1, 0.15) is 5.75 Å². The lowest BCUT2D eigenvalue weighted by atomic mass is 10.2. The summed E-state index contributed by atoms with van der Waals surface area (Å²) < 4.78 is 6.31. The van der Waals surface area contributed by atoms with E-state index in [1.54, 1.807) is 13.0 Å². The molecule has 0 aromatic heterocycles. The number of carbonyl (C=O) groups excluding carboxylic acids is 1. The third-order valence-corrected chi connectivity index (χ3v) is 3.69. The zero-order valence-electron chi connectivity index (χ0n) is 12.6. The summed E-state index contributed by atoms with van der Waals surface area (Å²) in [6.07, 6.45) is 0. The Morgan fingerprint density at radius 2 is 1.96 bits per heavy atom. The first-order chi connectivity index (χ1) is 10.9. The molecular formula is C16H15BrN2O4. The van der Waals surface area contributed by atoms with Gasteiger partial charge in [-0.05, 0) is 49.7 Å². The number of carbonyl (C=O) groups is 1. The monoisotopic (exact) mass is 378 g/mol. The fourth-order valence-electron chi connectivity index (χ4n) is 2.03. The van der Waals surface area contributed by atoms with Crippen molar-refractivity contribution in [2.75, 3.05) is 11.9 Å². The van der Waals surface area contributed by atoms with Crippen LogP contribution in [-0.4, -0.2) is 17.4 Å². The predicted octanol–water partition coefficient (Wildman–Crippen LogP) is 3.99. The quantitative estimate of drug-likeness (QED) is 0.629. The summed E-state index contributed by atoms with van der Waals surface area (Å²) in [6, 6.07) is 9.91. The molecule has 0 heterocycles. The fraction of sp³-hybridized carbons (Fsp3) is 0.188. The second-order valence-corrected chi connectivity index (χ2v) is 5.92. The number of nitrogens with one attached hydrogen (secondary N) is 1. The number of hydrogen-bond acceptors (Lipinski definition) is 4. The van der Waals surface area contributed by atoms with Crippen LogP contribution in [0.1, 0.15) is 11.1 Å². The highest BCUT2D eigenvalue weighted by Crippen LogP contribution is 2.23. The Labute approximate surface area is 141 Å². The normalized spacial score (nSPS) is 10.2. The molecule has 0 aliphatic heterocycles. The molecule has 0 saturated carbocycles. The number of benzene rings is 2. The molecule has 6 nitrogen and oxygen atoms in total. The third-order valence-electron chi connectivity index (χ3n) is 3.20. The van der Waals surface area contributed by atoms with Crippen LogP contribution in [0, 0.1) is 24.0 Å². The maximum atomic E-state index is 11.9. The highest BCUT2D eigenvalue weighted by Gasteiger charge is 2.12. The van der Waals surface area contributed by atoms with Crippen molar-refractivity contribution >= 4 is 33.2 Å². The van der Waals surface area contributed by atoms with Crippen molar-refractivity contribution in [1.82, 2.24) is 0 Å². The Balaban J connectivity index is 1.96. The summed E-state index contributed by atoms with van der Waals surface area (Å²) in [5.41, 5.74) is 2.14. The van der Waals surface area contributed by atoms with Gasteiger partial charge >= 0.3 is 0 Å². The number of nitro benzene ring substituents is 1. The average molecular weight is 379 g/mol. The summed E-state index contributed by atoms with van der Waals surface area (Å²) in [5, 5.41) is 13.5. The first kappa shape index (κ1) is 17.0. The maximum Gasteiger partial charge on any atom is 0.272 e. The van der Waals surface area contributed by atoms with Crippen molar-refractivity contribution in [2.24, 2.45) is 0 Å². The van der Waals surface area contributed by atoms with Gasteiger partial charge in [-0.15, -0.1) is 0 Å². The predicted molar refractivity (Wildman–Crippen MR) is 90.8 cm³/mol. The van der Waals surface area contributed by atoms with Crippen LogP contribution < -0.4 is 10.1 Å². The standard InChI is InChI=1S/C16H15BrN2O4/c1-10-7-12(17)3-5-14(10)18-16(20)9-23-13-4-6-15(19(21)22)11(2)8-13/h3-8H,9H2,1-2H3,(H,18,20). The van der Waals surface area contributed by atoms with Crippen molar-refractivity contribution in [1.29, 1.82) is 0 Å². The first-order valence-corrected chi connectivity index (χ1v) is 7.60. The number of halogens is 1. The van der Waals surface area contributed by atoms with E-state index in [0.717, 1.165) is 10.0 Å². The van der Waals surface area contributed by atoms with E-state index in [1.807, 2.05) is 19.1 Å². The molecule has 0 aliphatic carbocycles.